The lowest BCUT2D eigenvalue weighted by molar-refractivity contribution is 0.397. The maximum Gasteiger partial charge on any atom is 0.216 e. The van der Waals surface area contributed by atoms with Crippen LogP contribution in [0.1, 0.15) is 0 Å². The van der Waals surface area contributed by atoms with Gasteiger partial charge in [0, 0.05) is 23.2 Å². The van der Waals surface area contributed by atoms with Crippen LogP contribution in [0.4, 0.5) is 8.78 Å². The first-order valence-electron chi connectivity index (χ1n) is 7.75. The molecule has 0 aliphatic heterocycles. The van der Waals surface area contributed by atoms with Crippen LogP contribution in [0.2, 0.25) is 0 Å². The van der Waals surface area contributed by atoms with Gasteiger partial charge in [0.1, 0.15) is 17.2 Å². The molecule has 0 bridgehead atoms. The largest absolute Gasteiger partial charge is 0.481 e. The van der Waals surface area contributed by atoms with Gasteiger partial charge in [-0.3, -0.25) is 0 Å². The highest BCUT2D eigenvalue weighted by Crippen LogP contribution is 2.29. The number of nitrogens with zero attached hydrogens (tertiary/aromatic N) is 4. The van der Waals surface area contributed by atoms with E-state index in [2.05, 4.69) is 20.2 Å². The summed E-state index contributed by atoms with van der Waals surface area (Å²) >= 11 is 0. The predicted octanol–water partition coefficient (Wildman–Crippen LogP) is 4.04. The van der Waals surface area contributed by atoms with E-state index in [1.807, 2.05) is 0 Å². The first-order chi connectivity index (χ1) is 12.7. The maximum atomic E-state index is 14.0. The van der Waals surface area contributed by atoms with Gasteiger partial charge < -0.3 is 4.74 Å². The number of ether oxygens (including phenoxy) is 1. The summed E-state index contributed by atoms with van der Waals surface area (Å²) in [5.74, 6) is -0.532. The Morgan fingerprint density at radius 3 is 2.46 bits per heavy atom. The predicted molar refractivity (Wildman–Crippen MR) is 92.5 cm³/mol. The fourth-order valence-corrected chi connectivity index (χ4v) is 2.70. The summed E-state index contributed by atoms with van der Waals surface area (Å²) in [6.07, 6.45) is 1.58. The fraction of sp³-hybridized carbons (Fsp3) is 0.0526. The van der Waals surface area contributed by atoms with Gasteiger partial charge in [-0.15, -0.1) is 10.2 Å². The highest BCUT2D eigenvalue weighted by molar-refractivity contribution is 5.93. The summed E-state index contributed by atoms with van der Waals surface area (Å²) in [4.78, 5) is 8.54. The molecule has 128 valence electrons. The molecule has 7 heteroatoms. The molecular weight excluding hydrogens is 338 g/mol. The Bertz CT molecular complexity index is 1100. The van der Waals surface area contributed by atoms with Crippen molar-refractivity contribution < 1.29 is 13.5 Å². The van der Waals surface area contributed by atoms with E-state index in [1.54, 1.807) is 36.5 Å². The summed E-state index contributed by atoms with van der Waals surface area (Å²) < 4.78 is 33.2. The Morgan fingerprint density at radius 2 is 1.69 bits per heavy atom. The summed E-state index contributed by atoms with van der Waals surface area (Å²) in [6.45, 7) is 0. The molecule has 0 saturated carbocycles. The van der Waals surface area contributed by atoms with Crippen molar-refractivity contribution in [2.24, 2.45) is 0 Å². The van der Waals surface area contributed by atoms with E-state index in [1.165, 1.54) is 25.3 Å². The van der Waals surface area contributed by atoms with E-state index in [-0.39, 0.29) is 11.3 Å². The zero-order chi connectivity index (χ0) is 18.1. The van der Waals surface area contributed by atoms with Gasteiger partial charge in [-0.2, -0.15) is 4.98 Å². The number of rotatable bonds is 3. The Labute approximate surface area is 147 Å². The number of benzene rings is 2. The standard InChI is InChI=1S/C19H12F2N4O/c1-26-16-8-9-22-19(23-16)12-5-2-4-11-10-15(24-25-18(11)12)17-13(20)6-3-7-14(17)21/h2-10H,1H3. The van der Waals surface area contributed by atoms with Crippen LogP contribution in [0.25, 0.3) is 33.5 Å². The van der Waals surface area contributed by atoms with Crippen LogP contribution in [-0.4, -0.2) is 27.3 Å². The first-order valence-corrected chi connectivity index (χ1v) is 7.75. The van der Waals surface area contributed by atoms with Gasteiger partial charge in [-0.05, 0) is 24.3 Å². The zero-order valence-corrected chi connectivity index (χ0v) is 13.6. The molecule has 2 aromatic carbocycles. The molecule has 26 heavy (non-hydrogen) atoms. The quantitative estimate of drug-likeness (QED) is 0.558. The van der Waals surface area contributed by atoms with Crippen LogP contribution in [0, 0.1) is 11.6 Å². The average molecular weight is 350 g/mol. The van der Waals surface area contributed by atoms with Gasteiger partial charge in [-0.1, -0.05) is 18.2 Å². The van der Waals surface area contributed by atoms with Gasteiger partial charge in [0.25, 0.3) is 0 Å². The van der Waals surface area contributed by atoms with Crippen molar-refractivity contribution in [3.63, 3.8) is 0 Å². The molecule has 0 amide bonds. The molecule has 0 radical (unpaired) electrons. The minimum Gasteiger partial charge on any atom is -0.481 e. The third-order valence-electron chi connectivity index (χ3n) is 3.92. The van der Waals surface area contributed by atoms with Crippen molar-refractivity contribution in [2.45, 2.75) is 0 Å². The zero-order valence-electron chi connectivity index (χ0n) is 13.6. The summed E-state index contributed by atoms with van der Waals surface area (Å²) in [7, 11) is 1.52. The lowest BCUT2D eigenvalue weighted by Crippen LogP contribution is -1.98. The monoisotopic (exact) mass is 350 g/mol. The lowest BCUT2D eigenvalue weighted by atomic mass is 10.1. The first kappa shape index (κ1) is 16.0. The number of methoxy groups -OCH3 is 1. The van der Waals surface area contributed by atoms with Crippen molar-refractivity contribution in [1.82, 2.24) is 20.2 Å². The van der Waals surface area contributed by atoms with Gasteiger partial charge in [0.2, 0.25) is 5.88 Å². The van der Waals surface area contributed by atoms with E-state index in [0.29, 0.717) is 28.2 Å². The molecule has 2 heterocycles. The fourth-order valence-electron chi connectivity index (χ4n) is 2.70. The van der Waals surface area contributed by atoms with Gasteiger partial charge in [0.15, 0.2) is 5.82 Å². The van der Waals surface area contributed by atoms with Crippen LogP contribution in [-0.2, 0) is 0 Å². The molecular formula is C19H12F2N4O. The second-order valence-electron chi connectivity index (χ2n) is 5.49. The van der Waals surface area contributed by atoms with E-state index in [9.17, 15) is 8.78 Å². The molecule has 0 N–H and O–H groups in total. The molecule has 5 nitrogen and oxygen atoms in total. The molecule has 0 aliphatic rings. The summed E-state index contributed by atoms with van der Waals surface area (Å²) in [6, 6.07) is 12.3. The van der Waals surface area contributed by atoms with Crippen molar-refractivity contribution in [1.29, 1.82) is 0 Å². The topological polar surface area (TPSA) is 60.8 Å². The molecule has 0 fully saturated rings. The Kier molecular flexibility index (Phi) is 3.96. The third-order valence-corrected chi connectivity index (χ3v) is 3.92. The van der Waals surface area contributed by atoms with Gasteiger partial charge in [0.05, 0.1) is 18.4 Å². The number of hydrogen-bond donors (Lipinski definition) is 0. The Hall–Kier alpha value is -3.48. The van der Waals surface area contributed by atoms with Crippen molar-refractivity contribution in [2.75, 3.05) is 7.11 Å². The van der Waals surface area contributed by atoms with Gasteiger partial charge >= 0.3 is 0 Å². The molecule has 0 saturated heterocycles. The lowest BCUT2D eigenvalue weighted by Gasteiger charge is -2.08. The third kappa shape index (κ3) is 2.73. The number of hydrogen-bond acceptors (Lipinski definition) is 5. The van der Waals surface area contributed by atoms with E-state index in [0.717, 1.165) is 0 Å². The molecule has 0 unspecified atom stereocenters. The second kappa shape index (κ2) is 6.44. The molecule has 4 rings (SSSR count). The maximum absolute atomic E-state index is 14.0. The highest BCUT2D eigenvalue weighted by atomic mass is 19.1. The van der Waals surface area contributed by atoms with E-state index >= 15 is 0 Å². The molecule has 0 spiro atoms. The minimum absolute atomic E-state index is 0.122. The molecule has 0 aliphatic carbocycles. The Morgan fingerprint density at radius 1 is 0.923 bits per heavy atom. The highest BCUT2D eigenvalue weighted by Gasteiger charge is 2.15. The van der Waals surface area contributed by atoms with E-state index in [4.69, 9.17) is 4.74 Å². The van der Waals surface area contributed by atoms with Crippen molar-refractivity contribution in [3.8, 4) is 28.5 Å². The van der Waals surface area contributed by atoms with Crippen molar-refractivity contribution in [3.05, 3.63) is 66.4 Å². The normalized spacial score (nSPS) is 10.9. The van der Waals surface area contributed by atoms with Gasteiger partial charge in [-0.25, -0.2) is 13.8 Å². The van der Waals surface area contributed by atoms with Crippen LogP contribution in [0.5, 0.6) is 5.88 Å². The summed E-state index contributed by atoms with van der Waals surface area (Å²) in [5, 5.41) is 8.85. The van der Waals surface area contributed by atoms with Crippen LogP contribution < -0.4 is 4.74 Å². The van der Waals surface area contributed by atoms with Crippen LogP contribution >= 0.6 is 0 Å². The summed E-state index contributed by atoms with van der Waals surface area (Å²) in [5.41, 5.74) is 1.09. The SMILES string of the molecule is COc1ccnc(-c2cccc3cc(-c4c(F)cccc4F)nnc23)n1. The van der Waals surface area contributed by atoms with Crippen molar-refractivity contribution >= 4 is 10.9 Å². The minimum atomic E-state index is -0.689. The molecule has 2 aromatic heterocycles. The Balaban J connectivity index is 1.89. The second-order valence-corrected chi connectivity index (χ2v) is 5.49. The number of aromatic nitrogens is 4. The molecule has 0 atom stereocenters. The number of fused-ring (bicyclic) bond motifs is 1. The smallest absolute Gasteiger partial charge is 0.216 e. The van der Waals surface area contributed by atoms with Crippen LogP contribution in [0.3, 0.4) is 0 Å². The number of halogens is 2. The average Bonchev–Trinajstić information content (AvgIpc) is 2.67. The van der Waals surface area contributed by atoms with E-state index < -0.39 is 11.6 Å². The van der Waals surface area contributed by atoms with Crippen LogP contribution in [0.15, 0.2) is 54.7 Å². The molecule has 4 aromatic rings.